The van der Waals surface area contributed by atoms with Crippen LogP contribution in [-0.4, -0.2) is 19.2 Å². The summed E-state index contributed by atoms with van der Waals surface area (Å²) < 4.78 is 10.8. The quantitative estimate of drug-likeness (QED) is 0.632. The van der Waals surface area contributed by atoms with E-state index in [9.17, 15) is 0 Å². The lowest BCUT2D eigenvalue weighted by Gasteiger charge is -2.11. The van der Waals surface area contributed by atoms with Gasteiger partial charge < -0.3 is 9.47 Å². The van der Waals surface area contributed by atoms with Crippen LogP contribution in [-0.2, 0) is 0 Å². The average Bonchev–Trinajstić information content (AvgIpc) is 3.09. The predicted molar refractivity (Wildman–Crippen MR) is 101 cm³/mol. The molecule has 3 rings (SSSR count). The molecule has 0 aliphatic carbocycles. The van der Waals surface area contributed by atoms with Gasteiger partial charge in [-0.1, -0.05) is 36.4 Å². The van der Waals surface area contributed by atoms with Crippen molar-refractivity contribution >= 4 is 23.5 Å². The Morgan fingerprint density at radius 3 is 2.50 bits per heavy atom. The molecule has 4 heteroatoms. The summed E-state index contributed by atoms with van der Waals surface area (Å²) in [5.74, 6) is 1.51. The van der Waals surface area contributed by atoms with Crippen LogP contribution in [0.2, 0.25) is 0 Å². The fraction of sp³-hybridized carbons (Fsp3) is 0.150. The van der Waals surface area contributed by atoms with Crippen molar-refractivity contribution < 1.29 is 9.47 Å². The van der Waals surface area contributed by atoms with Crippen LogP contribution >= 0.6 is 11.3 Å². The fourth-order valence-corrected chi connectivity index (χ4v) is 3.33. The van der Waals surface area contributed by atoms with Gasteiger partial charge in [0.15, 0.2) is 11.5 Å². The Labute approximate surface area is 146 Å². The van der Waals surface area contributed by atoms with Gasteiger partial charge in [0.1, 0.15) is 5.01 Å². The van der Waals surface area contributed by atoms with Crippen LogP contribution in [0.5, 0.6) is 11.5 Å². The van der Waals surface area contributed by atoms with Crippen LogP contribution in [0.3, 0.4) is 0 Å². The molecular weight excluding hydrogens is 318 g/mol. The number of thiazole rings is 1. The van der Waals surface area contributed by atoms with E-state index < -0.39 is 0 Å². The third-order valence-electron chi connectivity index (χ3n) is 3.68. The molecule has 122 valence electrons. The summed E-state index contributed by atoms with van der Waals surface area (Å²) in [6.45, 7) is 2.01. The minimum Gasteiger partial charge on any atom is -0.493 e. The SMILES string of the molecule is COc1cc(/C=C/c2csc(-c3ccccc3)n2)cc(C)c1OC. The van der Waals surface area contributed by atoms with Crippen molar-refractivity contribution in [3.8, 4) is 22.1 Å². The molecule has 0 radical (unpaired) electrons. The largest absolute Gasteiger partial charge is 0.493 e. The van der Waals surface area contributed by atoms with E-state index in [0.717, 1.165) is 38.9 Å². The fourth-order valence-electron chi connectivity index (χ4n) is 2.54. The van der Waals surface area contributed by atoms with E-state index >= 15 is 0 Å². The number of hydrogen-bond donors (Lipinski definition) is 0. The maximum atomic E-state index is 5.40. The van der Waals surface area contributed by atoms with Gasteiger partial charge in [-0.2, -0.15) is 0 Å². The highest BCUT2D eigenvalue weighted by Crippen LogP contribution is 2.32. The van der Waals surface area contributed by atoms with Crippen molar-refractivity contribution in [3.63, 3.8) is 0 Å². The van der Waals surface area contributed by atoms with Crippen molar-refractivity contribution in [2.75, 3.05) is 14.2 Å². The zero-order valence-electron chi connectivity index (χ0n) is 13.9. The standard InChI is InChI=1S/C20H19NO2S/c1-14-11-15(12-18(22-2)19(14)23-3)9-10-17-13-24-20(21-17)16-7-5-4-6-8-16/h4-13H,1-3H3/b10-9+. The Bertz CT molecular complexity index is 853. The summed E-state index contributed by atoms with van der Waals surface area (Å²) in [6.07, 6.45) is 4.06. The molecule has 3 nitrogen and oxygen atoms in total. The summed E-state index contributed by atoms with van der Waals surface area (Å²) in [5, 5.41) is 3.09. The van der Waals surface area contributed by atoms with Gasteiger partial charge >= 0.3 is 0 Å². The molecule has 0 saturated carbocycles. The number of nitrogens with zero attached hydrogens (tertiary/aromatic N) is 1. The third-order valence-corrected chi connectivity index (χ3v) is 4.59. The monoisotopic (exact) mass is 337 g/mol. The molecule has 0 spiro atoms. The van der Waals surface area contributed by atoms with Gasteiger partial charge in [-0.15, -0.1) is 11.3 Å². The summed E-state index contributed by atoms with van der Waals surface area (Å²) in [6, 6.07) is 14.2. The molecule has 0 aliphatic heterocycles. The van der Waals surface area contributed by atoms with Crippen molar-refractivity contribution in [2.45, 2.75) is 6.92 Å². The Kier molecular flexibility index (Phi) is 4.96. The molecule has 3 aromatic rings. The van der Waals surface area contributed by atoms with Gasteiger partial charge in [0.25, 0.3) is 0 Å². The Balaban J connectivity index is 1.84. The zero-order chi connectivity index (χ0) is 16.9. The van der Waals surface area contributed by atoms with E-state index in [4.69, 9.17) is 9.47 Å². The molecular formula is C20H19NO2S. The van der Waals surface area contributed by atoms with E-state index in [1.54, 1.807) is 25.6 Å². The molecule has 2 aromatic carbocycles. The van der Waals surface area contributed by atoms with Gasteiger partial charge in [-0.05, 0) is 36.3 Å². The molecule has 1 aromatic heterocycles. The minimum atomic E-state index is 0.736. The lowest BCUT2D eigenvalue weighted by Crippen LogP contribution is -1.93. The Hall–Kier alpha value is -2.59. The molecule has 0 amide bonds. The van der Waals surface area contributed by atoms with E-state index in [0.29, 0.717) is 0 Å². The third kappa shape index (κ3) is 3.49. The first-order chi connectivity index (χ1) is 11.7. The molecule has 0 saturated heterocycles. The molecule has 0 fully saturated rings. The van der Waals surface area contributed by atoms with Crippen molar-refractivity contribution in [3.05, 3.63) is 64.7 Å². The molecule has 0 N–H and O–H groups in total. The molecule has 0 aliphatic rings. The van der Waals surface area contributed by atoms with Crippen LogP contribution < -0.4 is 9.47 Å². The van der Waals surface area contributed by atoms with E-state index in [2.05, 4.69) is 28.6 Å². The maximum absolute atomic E-state index is 5.40. The number of benzene rings is 2. The number of methoxy groups -OCH3 is 2. The van der Waals surface area contributed by atoms with E-state index in [1.807, 2.05) is 43.3 Å². The number of aryl methyl sites for hydroxylation is 1. The molecule has 0 bridgehead atoms. The first kappa shape index (κ1) is 16.3. The topological polar surface area (TPSA) is 31.4 Å². The van der Waals surface area contributed by atoms with Gasteiger partial charge in [0, 0.05) is 10.9 Å². The van der Waals surface area contributed by atoms with Gasteiger partial charge in [-0.3, -0.25) is 0 Å². The van der Waals surface area contributed by atoms with Crippen LogP contribution in [0.1, 0.15) is 16.8 Å². The first-order valence-electron chi connectivity index (χ1n) is 7.63. The van der Waals surface area contributed by atoms with Gasteiger partial charge in [0.05, 0.1) is 19.9 Å². The number of rotatable bonds is 5. The number of hydrogen-bond acceptors (Lipinski definition) is 4. The van der Waals surface area contributed by atoms with Gasteiger partial charge in [0.2, 0.25) is 0 Å². The summed E-state index contributed by atoms with van der Waals surface area (Å²) in [7, 11) is 3.30. The maximum Gasteiger partial charge on any atom is 0.163 e. The summed E-state index contributed by atoms with van der Waals surface area (Å²) in [4.78, 5) is 4.67. The summed E-state index contributed by atoms with van der Waals surface area (Å²) >= 11 is 1.65. The normalized spacial score (nSPS) is 11.0. The molecule has 0 atom stereocenters. The number of ether oxygens (including phenoxy) is 2. The highest BCUT2D eigenvalue weighted by molar-refractivity contribution is 7.13. The average molecular weight is 337 g/mol. The molecule has 0 unspecified atom stereocenters. The second-order valence-corrected chi connectivity index (χ2v) is 6.21. The highest BCUT2D eigenvalue weighted by Gasteiger charge is 2.08. The van der Waals surface area contributed by atoms with E-state index in [-0.39, 0.29) is 0 Å². The van der Waals surface area contributed by atoms with Crippen LogP contribution in [0.4, 0.5) is 0 Å². The lowest BCUT2D eigenvalue weighted by atomic mass is 10.1. The molecule has 24 heavy (non-hydrogen) atoms. The van der Waals surface area contributed by atoms with Crippen LogP contribution in [0.15, 0.2) is 47.8 Å². The predicted octanol–water partition coefficient (Wildman–Crippen LogP) is 5.31. The van der Waals surface area contributed by atoms with Crippen molar-refractivity contribution in [2.24, 2.45) is 0 Å². The Morgan fingerprint density at radius 1 is 1.00 bits per heavy atom. The van der Waals surface area contributed by atoms with Crippen LogP contribution in [0, 0.1) is 6.92 Å². The highest BCUT2D eigenvalue weighted by atomic mass is 32.1. The second-order valence-electron chi connectivity index (χ2n) is 5.35. The first-order valence-corrected chi connectivity index (χ1v) is 8.51. The second kappa shape index (κ2) is 7.32. The smallest absolute Gasteiger partial charge is 0.163 e. The van der Waals surface area contributed by atoms with Crippen LogP contribution in [0.25, 0.3) is 22.7 Å². The lowest BCUT2D eigenvalue weighted by molar-refractivity contribution is 0.353. The summed E-state index contributed by atoms with van der Waals surface area (Å²) in [5.41, 5.74) is 4.19. The van der Waals surface area contributed by atoms with Crippen molar-refractivity contribution in [1.29, 1.82) is 0 Å². The number of aromatic nitrogens is 1. The van der Waals surface area contributed by atoms with Crippen molar-refractivity contribution in [1.82, 2.24) is 4.98 Å². The zero-order valence-corrected chi connectivity index (χ0v) is 14.8. The Morgan fingerprint density at radius 2 is 1.79 bits per heavy atom. The van der Waals surface area contributed by atoms with Gasteiger partial charge in [-0.25, -0.2) is 4.98 Å². The minimum absolute atomic E-state index is 0.736. The molecule has 1 heterocycles. The van der Waals surface area contributed by atoms with E-state index in [1.165, 1.54) is 0 Å².